The quantitative estimate of drug-likeness (QED) is 0.213. The van der Waals surface area contributed by atoms with Crippen LogP contribution in [-0.4, -0.2) is 28.3 Å². The van der Waals surface area contributed by atoms with Crippen molar-refractivity contribution in [3.63, 3.8) is 0 Å². The maximum absolute atomic E-state index is 4.85. The molecule has 0 N–H and O–H groups in total. The van der Waals surface area contributed by atoms with Gasteiger partial charge in [-0.25, -0.2) is 9.97 Å². The Morgan fingerprint density at radius 1 is 0.750 bits per heavy atom. The number of anilines is 3. The van der Waals surface area contributed by atoms with E-state index in [1.807, 2.05) is 18.5 Å². The number of hydrogen-bond donors (Lipinski definition) is 0. The zero-order valence-electron chi connectivity index (χ0n) is 24.0. The second-order valence-electron chi connectivity index (χ2n) is 11.4. The summed E-state index contributed by atoms with van der Waals surface area (Å²) in [5.74, 6) is 2.83. The Hall–Kier alpha value is -4.38. The Morgan fingerprint density at radius 3 is 2.20 bits per heavy atom. The van der Waals surface area contributed by atoms with E-state index < -0.39 is 0 Å². The number of para-hydroxylation sites is 1. The molecule has 5 nitrogen and oxygen atoms in total. The lowest BCUT2D eigenvalue weighted by Gasteiger charge is -2.22. The van der Waals surface area contributed by atoms with E-state index in [9.17, 15) is 0 Å². The largest absolute Gasteiger partial charge is 0.354 e. The minimum atomic E-state index is 0.417. The number of hydrogen-bond acceptors (Lipinski definition) is 4. The number of rotatable bonds is 7. The number of imidazole rings is 1. The fourth-order valence-electron chi connectivity index (χ4n) is 5.83. The molecule has 0 spiro atoms. The molecule has 0 saturated heterocycles. The second kappa shape index (κ2) is 10.6. The maximum atomic E-state index is 4.85. The molecular weight excluding hydrogens is 490 g/mol. The van der Waals surface area contributed by atoms with Gasteiger partial charge in [-0.1, -0.05) is 76.2 Å². The van der Waals surface area contributed by atoms with E-state index in [0.29, 0.717) is 11.8 Å². The highest BCUT2D eigenvalue weighted by Crippen LogP contribution is 2.38. The molecule has 0 aliphatic carbocycles. The molecule has 1 aliphatic heterocycles. The lowest BCUT2D eigenvalue weighted by atomic mass is 9.92. The normalized spacial score (nSPS) is 13.0. The molecule has 0 radical (unpaired) electrons. The summed E-state index contributed by atoms with van der Waals surface area (Å²) in [6.45, 7) is 9.86. The average Bonchev–Trinajstić information content (AvgIpc) is 3.58. The molecule has 0 amide bonds. The number of fused-ring (bicyclic) bond motifs is 1. The van der Waals surface area contributed by atoms with Gasteiger partial charge in [0.25, 0.3) is 0 Å². The third-order valence-electron chi connectivity index (χ3n) is 7.83. The first kappa shape index (κ1) is 25.9. The molecule has 1 aliphatic rings. The van der Waals surface area contributed by atoms with E-state index in [4.69, 9.17) is 4.98 Å². The van der Waals surface area contributed by atoms with Crippen molar-refractivity contribution < 1.29 is 0 Å². The Kier molecular flexibility index (Phi) is 6.89. The van der Waals surface area contributed by atoms with E-state index in [1.165, 1.54) is 33.6 Å². The van der Waals surface area contributed by atoms with Gasteiger partial charge >= 0.3 is 0 Å². The molecule has 3 aromatic carbocycles. The lowest BCUT2D eigenvalue weighted by Crippen LogP contribution is -2.24. The molecular formula is C35H37N5. The first-order valence-electron chi connectivity index (χ1n) is 14.2. The van der Waals surface area contributed by atoms with E-state index in [0.717, 1.165) is 36.0 Å². The molecule has 0 fully saturated rings. The van der Waals surface area contributed by atoms with Crippen LogP contribution in [0.1, 0.15) is 61.8 Å². The van der Waals surface area contributed by atoms with Gasteiger partial charge in [-0.3, -0.25) is 4.57 Å². The summed E-state index contributed by atoms with van der Waals surface area (Å²) in [5, 5.41) is 0. The van der Waals surface area contributed by atoms with Crippen molar-refractivity contribution >= 4 is 17.2 Å². The lowest BCUT2D eigenvalue weighted by molar-refractivity contribution is 0.806. The third kappa shape index (κ3) is 4.77. The number of benzene rings is 3. The van der Waals surface area contributed by atoms with Crippen molar-refractivity contribution in [3.05, 3.63) is 120 Å². The molecule has 0 saturated carbocycles. The summed E-state index contributed by atoms with van der Waals surface area (Å²) in [6.07, 6.45) is 6.75. The van der Waals surface area contributed by atoms with Gasteiger partial charge in [-0.05, 0) is 70.8 Å². The average molecular weight is 528 g/mol. The van der Waals surface area contributed by atoms with Crippen molar-refractivity contribution in [2.24, 2.45) is 0 Å². The first-order chi connectivity index (χ1) is 19.4. The molecule has 0 atom stereocenters. The van der Waals surface area contributed by atoms with Crippen LogP contribution in [0.5, 0.6) is 0 Å². The molecule has 6 rings (SSSR count). The van der Waals surface area contributed by atoms with Crippen molar-refractivity contribution in [1.29, 1.82) is 0 Å². The van der Waals surface area contributed by atoms with Gasteiger partial charge in [-0.15, -0.1) is 0 Å². The van der Waals surface area contributed by atoms with Crippen LogP contribution in [0, 0.1) is 0 Å². The second-order valence-corrected chi connectivity index (χ2v) is 11.4. The highest BCUT2D eigenvalue weighted by atomic mass is 15.4. The number of nitrogens with zero attached hydrogens (tertiary/aromatic N) is 5. The van der Waals surface area contributed by atoms with Gasteiger partial charge in [0.1, 0.15) is 5.82 Å². The summed E-state index contributed by atoms with van der Waals surface area (Å²) in [6, 6.07) is 28.5. The van der Waals surface area contributed by atoms with Gasteiger partial charge in [0.15, 0.2) is 5.82 Å². The minimum absolute atomic E-state index is 0.417. The zero-order chi connectivity index (χ0) is 27.8. The molecule has 40 heavy (non-hydrogen) atoms. The monoisotopic (exact) mass is 527 g/mol. The summed E-state index contributed by atoms with van der Waals surface area (Å²) >= 11 is 0. The van der Waals surface area contributed by atoms with E-state index >= 15 is 0 Å². The van der Waals surface area contributed by atoms with E-state index in [-0.39, 0.29) is 0 Å². The number of pyridine rings is 1. The molecule has 3 heterocycles. The predicted molar refractivity (Wildman–Crippen MR) is 166 cm³/mol. The Bertz CT molecular complexity index is 1620. The highest BCUT2D eigenvalue weighted by Gasteiger charge is 2.25. The van der Waals surface area contributed by atoms with Crippen molar-refractivity contribution in [1.82, 2.24) is 14.5 Å². The topological polar surface area (TPSA) is 37.2 Å². The standard InChI is InChI=1S/C35H37N5/c1-24(2)30-14-8-15-31(25(3)4)33(30)39-19-18-37-34(39)28-12-6-10-26(21-28)20-27-11-7-13-29(22-27)40-23-38(5)32-16-9-17-36-35(32)40/h6-19,21-22,24-25H,20,23H2,1-5H3. The molecule has 5 heteroatoms. The SMILES string of the molecule is CC(C)c1cccc(C(C)C)c1-n1ccnc1-c1cccc(Cc2cccc(N3CN(C)c4cccnc43)c2)c1. The fraction of sp³-hybridized carbons (Fsp3) is 0.257. The van der Waals surface area contributed by atoms with Crippen molar-refractivity contribution in [3.8, 4) is 17.1 Å². The van der Waals surface area contributed by atoms with Crippen LogP contribution in [0.3, 0.4) is 0 Å². The molecule has 0 bridgehead atoms. The van der Waals surface area contributed by atoms with Crippen LogP contribution in [0.2, 0.25) is 0 Å². The smallest absolute Gasteiger partial charge is 0.158 e. The Balaban J connectivity index is 1.32. The van der Waals surface area contributed by atoms with Crippen LogP contribution in [-0.2, 0) is 6.42 Å². The summed E-state index contributed by atoms with van der Waals surface area (Å²) in [5.41, 5.74) is 9.97. The molecule has 202 valence electrons. The van der Waals surface area contributed by atoms with E-state index in [1.54, 1.807) is 0 Å². The van der Waals surface area contributed by atoms with Gasteiger partial charge in [0, 0.05) is 36.9 Å². The van der Waals surface area contributed by atoms with Gasteiger partial charge in [0.2, 0.25) is 0 Å². The fourth-order valence-corrected chi connectivity index (χ4v) is 5.83. The van der Waals surface area contributed by atoms with Crippen molar-refractivity contribution in [2.45, 2.75) is 46.0 Å². The zero-order valence-corrected chi connectivity index (χ0v) is 24.0. The van der Waals surface area contributed by atoms with Gasteiger partial charge in [-0.2, -0.15) is 0 Å². The minimum Gasteiger partial charge on any atom is -0.354 e. The van der Waals surface area contributed by atoms with Gasteiger partial charge in [0.05, 0.1) is 18.0 Å². The Morgan fingerprint density at radius 2 is 1.45 bits per heavy atom. The summed E-state index contributed by atoms with van der Waals surface area (Å²) < 4.78 is 2.29. The first-order valence-corrected chi connectivity index (χ1v) is 14.2. The van der Waals surface area contributed by atoms with Crippen LogP contribution in [0.25, 0.3) is 17.1 Å². The van der Waals surface area contributed by atoms with Crippen LogP contribution >= 0.6 is 0 Å². The van der Waals surface area contributed by atoms with Gasteiger partial charge < -0.3 is 9.80 Å². The van der Waals surface area contributed by atoms with E-state index in [2.05, 4.69) is 133 Å². The van der Waals surface area contributed by atoms with Crippen LogP contribution in [0.15, 0.2) is 97.5 Å². The molecule has 2 aromatic heterocycles. The highest BCUT2D eigenvalue weighted by molar-refractivity contribution is 5.79. The number of aromatic nitrogens is 3. The molecule has 5 aromatic rings. The predicted octanol–water partition coefficient (Wildman–Crippen LogP) is 8.32. The molecule has 0 unspecified atom stereocenters. The Labute approximate surface area is 237 Å². The summed E-state index contributed by atoms with van der Waals surface area (Å²) in [4.78, 5) is 14.0. The van der Waals surface area contributed by atoms with Crippen LogP contribution < -0.4 is 9.80 Å². The summed E-state index contributed by atoms with van der Waals surface area (Å²) in [7, 11) is 2.11. The third-order valence-corrected chi connectivity index (χ3v) is 7.83. The maximum Gasteiger partial charge on any atom is 0.158 e. The van der Waals surface area contributed by atoms with Crippen LogP contribution in [0.4, 0.5) is 17.2 Å². The van der Waals surface area contributed by atoms with Crippen molar-refractivity contribution in [2.75, 3.05) is 23.5 Å².